The van der Waals surface area contributed by atoms with Gasteiger partial charge >= 0.3 is 12.2 Å². The van der Waals surface area contributed by atoms with E-state index < -0.39 is 29.4 Å². The first kappa shape index (κ1) is 19.8. The third kappa shape index (κ3) is 6.89. The molecule has 6 nitrogen and oxygen atoms in total. The van der Waals surface area contributed by atoms with Gasteiger partial charge in [-0.15, -0.1) is 0 Å². The molecule has 0 aliphatic carbocycles. The normalized spacial score (nSPS) is 13.0. The molecule has 1 aromatic rings. The van der Waals surface area contributed by atoms with Crippen LogP contribution in [0, 0.1) is 0 Å². The largest absolute Gasteiger partial charge is 0.443 e. The molecule has 134 valence electrons. The molecule has 1 rings (SSSR count). The van der Waals surface area contributed by atoms with Crippen molar-refractivity contribution in [2.75, 3.05) is 0 Å². The maximum absolute atomic E-state index is 12.5. The van der Waals surface area contributed by atoms with Crippen LogP contribution in [0.25, 0.3) is 0 Å². The summed E-state index contributed by atoms with van der Waals surface area (Å²) >= 11 is 0. The Morgan fingerprint density at radius 3 is 1.92 bits per heavy atom. The van der Waals surface area contributed by atoms with Crippen LogP contribution in [0.1, 0.15) is 60.1 Å². The van der Waals surface area contributed by atoms with Crippen LogP contribution in [0.15, 0.2) is 30.3 Å². The van der Waals surface area contributed by atoms with Crippen molar-refractivity contribution in [2.24, 2.45) is 0 Å². The first-order valence-electron chi connectivity index (χ1n) is 7.96. The van der Waals surface area contributed by atoms with Gasteiger partial charge < -0.3 is 9.47 Å². The molecule has 0 aliphatic heterocycles. The Balaban J connectivity index is 2.99. The number of amides is 2. The number of hydrazine groups is 1. The van der Waals surface area contributed by atoms with Crippen LogP contribution >= 0.6 is 0 Å². The minimum Gasteiger partial charge on any atom is -0.443 e. The number of carbonyl (C=O) groups is 2. The number of rotatable bonds is 2. The summed E-state index contributed by atoms with van der Waals surface area (Å²) in [6.07, 6.45) is -1.36. The van der Waals surface area contributed by atoms with Gasteiger partial charge in [0.15, 0.2) is 0 Å². The zero-order valence-corrected chi connectivity index (χ0v) is 15.5. The number of nitrogens with zero attached hydrogens (tertiary/aromatic N) is 1. The highest BCUT2D eigenvalue weighted by atomic mass is 16.6. The van der Waals surface area contributed by atoms with E-state index in [1.165, 1.54) is 0 Å². The van der Waals surface area contributed by atoms with E-state index in [-0.39, 0.29) is 0 Å². The summed E-state index contributed by atoms with van der Waals surface area (Å²) in [7, 11) is 0. The van der Waals surface area contributed by atoms with Crippen LogP contribution in [0.2, 0.25) is 0 Å². The van der Waals surface area contributed by atoms with Gasteiger partial charge in [0.05, 0.1) is 6.04 Å². The van der Waals surface area contributed by atoms with Gasteiger partial charge in [0, 0.05) is 0 Å². The lowest BCUT2D eigenvalue weighted by Gasteiger charge is -2.32. The summed E-state index contributed by atoms with van der Waals surface area (Å²) in [6, 6.07) is 8.94. The second-order valence-corrected chi connectivity index (χ2v) is 7.55. The second-order valence-electron chi connectivity index (χ2n) is 7.55. The molecular formula is C18H28N2O4. The zero-order chi connectivity index (χ0) is 18.5. The van der Waals surface area contributed by atoms with Crippen molar-refractivity contribution < 1.29 is 19.1 Å². The molecule has 0 aliphatic rings. The monoisotopic (exact) mass is 336 g/mol. The summed E-state index contributed by atoms with van der Waals surface area (Å²) < 4.78 is 10.6. The quantitative estimate of drug-likeness (QED) is 0.812. The molecule has 6 heteroatoms. The lowest BCUT2D eigenvalue weighted by atomic mass is 10.1. The smallest absolute Gasteiger partial charge is 0.429 e. The molecular weight excluding hydrogens is 308 g/mol. The van der Waals surface area contributed by atoms with Crippen LogP contribution in [0.3, 0.4) is 0 Å². The highest BCUT2D eigenvalue weighted by Gasteiger charge is 2.30. The predicted molar refractivity (Wildman–Crippen MR) is 92.3 cm³/mol. The lowest BCUT2D eigenvalue weighted by molar-refractivity contribution is -0.00804. The maximum Gasteiger partial charge on any atom is 0.429 e. The van der Waals surface area contributed by atoms with E-state index in [1.54, 1.807) is 48.5 Å². The molecule has 0 unspecified atom stereocenters. The minimum absolute atomic E-state index is 0.423. The van der Waals surface area contributed by atoms with Gasteiger partial charge in [-0.3, -0.25) is 0 Å². The van der Waals surface area contributed by atoms with Crippen molar-refractivity contribution in [3.8, 4) is 0 Å². The fourth-order valence-electron chi connectivity index (χ4n) is 1.89. The van der Waals surface area contributed by atoms with Crippen LogP contribution in [-0.4, -0.2) is 28.4 Å². The molecule has 1 N–H and O–H groups in total. The van der Waals surface area contributed by atoms with Gasteiger partial charge in [0.1, 0.15) is 11.2 Å². The molecule has 0 bridgehead atoms. The van der Waals surface area contributed by atoms with Crippen LogP contribution < -0.4 is 5.43 Å². The molecule has 2 amide bonds. The minimum atomic E-state index is -0.712. The molecule has 0 aromatic heterocycles. The van der Waals surface area contributed by atoms with E-state index in [9.17, 15) is 9.59 Å². The van der Waals surface area contributed by atoms with Gasteiger partial charge in [-0.1, -0.05) is 30.3 Å². The van der Waals surface area contributed by atoms with Crippen molar-refractivity contribution in [3.63, 3.8) is 0 Å². The highest BCUT2D eigenvalue weighted by molar-refractivity contribution is 5.74. The van der Waals surface area contributed by atoms with Crippen molar-refractivity contribution >= 4 is 12.2 Å². The summed E-state index contributed by atoms with van der Waals surface area (Å²) in [5.41, 5.74) is 2.01. The second kappa shape index (κ2) is 7.55. The molecule has 0 heterocycles. The Labute approximate surface area is 144 Å². The van der Waals surface area contributed by atoms with Crippen LogP contribution in [0.4, 0.5) is 9.59 Å². The van der Waals surface area contributed by atoms with E-state index >= 15 is 0 Å². The van der Waals surface area contributed by atoms with Gasteiger partial charge in [0.25, 0.3) is 0 Å². The summed E-state index contributed by atoms with van der Waals surface area (Å²) in [5, 5.41) is 1.15. The van der Waals surface area contributed by atoms with E-state index in [0.29, 0.717) is 0 Å². The third-order valence-corrected chi connectivity index (χ3v) is 2.87. The number of benzene rings is 1. The Morgan fingerprint density at radius 2 is 1.46 bits per heavy atom. The molecule has 0 saturated heterocycles. The molecule has 24 heavy (non-hydrogen) atoms. The summed E-state index contributed by atoms with van der Waals surface area (Å²) in [5.74, 6) is 0. The topological polar surface area (TPSA) is 67.9 Å². The van der Waals surface area contributed by atoms with Gasteiger partial charge in [-0.25, -0.2) is 20.0 Å². The molecule has 0 fully saturated rings. The fraction of sp³-hybridized carbons (Fsp3) is 0.556. The average Bonchev–Trinajstić information content (AvgIpc) is 2.41. The maximum atomic E-state index is 12.5. The molecule has 0 radical (unpaired) electrons. The third-order valence-electron chi connectivity index (χ3n) is 2.87. The number of ether oxygens (including phenoxy) is 2. The Morgan fingerprint density at radius 1 is 0.958 bits per heavy atom. The fourth-order valence-corrected chi connectivity index (χ4v) is 1.89. The van der Waals surface area contributed by atoms with Crippen LogP contribution in [0.5, 0.6) is 0 Å². The van der Waals surface area contributed by atoms with Crippen molar-refractivity contribution in [1.82, 2.24) is 10.4 Å². The molecule has 1 aromatic carbocycles. The predicted octanol–water partition coefficient (Wildman–Crippen LogP) is 4.42. The van der Waals surface area contributed by atoms with E-state index in [0.717, 1.165) is 10.6 Å². The Kier molecular flexibility index (Phi) is 6.23. The van der Waals surface area contributed by atoms with E-state index in [1.807, 2.05) is 30.3 Å². The first-order valence-corrected chi connectivity index (χ1v) is 7.96. The Hall–Kier alpha value is -2.24. The molecule has 1 atom stereocenters. The molecule has 0 saturated carbocycles. The van der Waals surface area contributed by atoms with Gasteiger partial charge in [0.2, 0.25) is 0 Å². The van der Waals surface area contributed by atoms with Gasteiger partial charge in [-0.2, -0.15) is 0 Å². The lowest BCUT2D eigenvalue weighted by Crippen LogP contribution is -2.50. The van der Waals surface area contributed by atoms with E-state index in [4.69, 9.17) is 9.47 Å². The van der Waals surface area contributed by atoms with Gasteiger partial charge in [-0.05, 0) is 54.0 Å². The summed E-state index contributed by atoms with van der Waals surface area (Å²) in [4.78, 5) is 24.6. The average molecular weight is 336 g/mol. The van der Waals surface area contributed by atoms with Crippen molar-refractivity contribution in [2.45, 2.75) is 65.7 Å². The number of carbonyl (C=O) groups excluding carboxylic acids is 2. The molecule has 0 spiro atoms. The standard InChI is InChI=1S/C18H28N2O4/c1-13(14-11-9-8-10-12-14)20(16(22)24-18(5,6)7)19-15(21)23-17(2,3)4/h8-13H,1-7H3,(H,19,21)/t13-/m1/s1. The highest BCUT2D eigenvalue weighted by Crippen LogP contribution is 2.21. The SMILES string of the molecule is C[C@H](c1ccccc1)N(NC(=O)OC(C)(C)C)C(=O)OC(C)(C)C. The number of nitrogens with one attached hydrogen (secondary N) is 1. The van der Waals surface area contributed by atoms with Crippen molar-refractivity contribution in [3.05, 3.63) is 35.9 Å². The zero-order valence-electron chi connectivity index (χ0n) is 15.5. The number of hydrogen-bond donors (Lipinski definition) is 1. The van der Waals surface area contributed by atoms with Crippen LogP contribution in [-0.2, 0) is 9.47 Å². The van der Waals surface area contributed by atoms with E-state index in [2.05, 4.69) is 5.43 Å². The summed E-state index contributed by atoms with van der Waals surface area (Å²) in [6.45, 7) is 12.4. The first-order chi connectivity index (χ1) is 10.9. The Bertz CT molecular complexity index is 559. The number of hydrogen-bond acceptors (Lipinski definition) is 4. The van der Waals surface area contributed by atoms with Crippen molar-refractivity contribution in [1.29, 1.82) is 0 Å².